The summed E-state index contributed by atoms with van der Waals surface area (Å²) in [5.74, 6) is 0.388. The van der Waals surface area contributed by atoms with E-state index in [0.717, 1.165) is 0 Å². The van der Waals surface area contributed by atoms with Crippen LogP contribution in [0.3, 0.4) is 0 Å². The molecule has 7 heteroatoms. The Labute approximate surface area is 157 Å². The molecule has 1 fully saturated rings. The van der Waals surface area contributed by atoms with Gasteiger partial charge in [0.25, 0.3) is 0 Å². The Hall–Kier alpha value is -1.18. The molecular formula is C18H29N3O2SSi. The van der Waals surface area contributed by atoms with E-state index in [4.69, 9.17) is 16.6 Å². The molecule has 1 aromatic rings. The van der Waals surface area contributed by atoms with Crippen LogP contribution in [0.15, 0.2) is 18.5 Å². The lowest BCUT2D eigenvalue weighted by molar-refractivity contribution is -0.140. The second kappa shape index (κ2) is 7.21. The summed E-state index contributed by atoms with van der Waals surface area (Å²) in [7, 11) is -1.94. The summed E-state index contributed by atoms with van der Waals surface area (Å²) in [5.41, 5.74) is 0. The molecule has 4 atom stereocenters. The van der Waals surface area contributed by atoms with Crippen LogP contribution >= 0.6 is 12.2 Å². The van der Waals surface area contributed by atoms with Gasteiger partial charge in [-0.25, -0.2) is 9.97 Å². The number of carbonyl (C=O) groups excluding carboxylic acids is 1. The molecule has 2 heterocycles. The number of nitrogens with zero attached hydrogens (tertiary/aromatic N) is 2. The fourth-order valence-corrected chi connectivity index (χ4v) is 4.55. The van der Waals surface area contributed by atoms with Crippen LogP contribution < -0.4 is 5.32 Å². The van der Waals surface area contributed by atoms with Crippen molar-refractivity contribution in [1.82, 2.24) is 15.3 Å². The summed E-state index contributed by atoms with van der Waals surface area (Å²) in [6.45, 7) is 15.1. The molecule has 138 valence electrons. The number of carbonyl (C=O) groups is 1. The zero-order chi connectivity index (χ0) is 19.0. The smallest absolute Gasteiger partial charge is 0.228 e. The molecule has 25 heavy (non-hydrogen) atoms. The van der Waals surface area contributed by atoms with Crippen LogP contribution in [-0.4, -0.2) is 41.2 Å². The highest BCUT2D eigenvalue weighted by Gasteiger charge is 2.49. The fourth-order valence-electron chi connectivity index (χ4n) is 2.87. The predicted molar refractivity (Wildman–Crippen MR) is 106 cm³/mol. The van der Waals surface area contributed by atoms with Gasteiger partial charge in [0.2, 0.25) is 5.91 Å². The maximum Gasteiger partial charge on any atom is 0.228 e. The van der Waals surface area contributed by atoms with Gasteiger partial charge < -0.3 is 9.74 Å². The third-order valence-corrected chi connectivity index (χ3v) is 10.7. The predicted octanol–water partition coefficient (Wildman–Crippen LogP) is 3.36. The molecule has 0 aromatic carbocycles. The average Bonchev–Trinajstić information content (AvgIpc) is 2.50. The van der Waals surface area contributed by atoms with E-state index in [-0.39, 0.29) is 34.9 Å². The summed E-state index contributed by atoms with van der Waals surface area (Å²) in [4.78, 5) is 21.4. The monoisotopic (exact) mass is 379 g/mol. The summed E-state index contributed by atoms with van der Waals surface area (Å²) < 4.78 is 6.45. The normalized spacial score (nSPS) is 23.4. The first kappa shape index (κ1) is 20.1. The first-order chi connectivity index (χ1) is 11.5. The Bertz CT molecular complexity index is 645. The molecule has 1 N–H and O–H groups in total. The molecule has 0 aliphatic carbocycles. The van der Waals surface area contributed by atoms with Gasteiger partial charge in [-0.05, 0) is 31.1 Å². The zero-order valence-electron chi connectivity index (χ0n) is 16.2. The van der Waals surface area contributed by atoms with Crippen molar-refractivity contribution in [3.05, 3.63) is 24.3 Å². The first-order valence-corrected chi connectivity index (χ1v) is 12.1. The van der Waals surface area contributed by atoms with Crippen molar-refractivity contribution >= 4 is 31.3 Å². The van der Waals surface area contributed by atoms with Gasteiger partial charge in [0.15, 0.2) is 14.1 Å². The Morgan fingerprint density at radius 1 is 1.28 bits per heavy atom. The highest BCUT2D eigenvalue weighted by molar-refractivity contribution is 7.80. The molecule has 0 radical (unpaired) electrons. The molecule has 1 aliphatic rings. The van der Waals surface area contributed by atoms with Crippen molar-refractivity contribution in [2.75, 3.05) is 0 Å². The van der Waals surface area contributed by atoms with Gasteiger partial charge in [-0.1, -0.05) is 39.9 Å². The third kappa shape index (κ3) is 4.15. The Kier molecular flexibility index (Phi) is 5.80. The van der Waals surface area contributed by atoms with Crippen LogP contribution in [0.4, 0.5) is 0 Å². The molecule has 0 spiro atoms. The van der Waals surface area contributed by atoms with Gasteiger partial charge in [0.1, 0.15) is 0 Å². The van der Waals surface area contributed by atoms with Gasteiger partial charge in [-0.2, -0.15) is 0 Å². The molecule has 1 saturated heterocycles. The van der Waals surface area contributed by atoms with Crippen molar-refractivity contribution in [3.63, 3.8) is 0 Å². The van der Waals surface area contributed by atoms with Gasteiger partial charge in [0.05, 0.1) is 22.9 Å². The van der Waals surface area contributed by atoms with E-state index in [9.17, 15) is 4.79 Å². The van der Waals surface area contributed by atoms with Crippen LogP contribution in [0, 0.1) is 11.8 Å². The lowest BCUT2D eigenvalue weighted by Gasteiger charge is -2.47. The van der Waals surface area contributed by atoms with Crippen LogP contribution in [0.1, 0.15) is 40.4 Å². The molecular weight excluding hydrogens is 350 g/mol. The minimum Gasteiger partial charge on any atom is -0.413 e. The Morgan fingerprint density at radius 2 is 1.84 bits per heavy atom. The molecule has 2 rings (SSSR count). The van der Waals surface area contributed by atoms with Crippen LogP contribution in [0.5, 0.6) is 0 Å². The quantitative estimate of drug-likeness (QED) is 0.355. The van der Waals surface area contributed by atoms with Gasteiger partial charge in [-0.15, -0.1) is 0 Å². The number of amides is 1. The molecule has 1 aliphatic heterocycles. The van der Waals surface area contributed by atoms with E-state index in [1.165, 1.54) is 0 Å². The minimum absolute atomic E-state index is 0.0226. The molecule has 1 amide bonds. The highest BCUT2D eigenvalue weighted by atomic mass is 32.1. The summed E-state index contributed by atoms with van der Waals surface area (Å²) in [6.07, 6.45) is 3.23. The van der Waals surface area contributed by atoms with Gasteiger partial charge >= 0.3 is 0 Å². The molecule has 5 nitrogen and oxygen atoms in total. The van der Waals surface area contributed by atoms with Gasteiger partial charge in [0, 0.05) is 18.3 Å². The lowest BCUT2D eigenvalue weighted by Crippen LogP contribution is -2.66. The molecule has 0 bridgehead atoms. The number of hydrogen-bond acceptors (Lipinski definition) is 5. The molecule has 1 aromatic heterocycles. The topological polar surface area (TPSA) is 64.1 Å². The lowest BCUT2D eigenvalue weighted by atomic mass is 9.77. The van der Waals surface area contributed by atoms with E-state index in [2.05, 4.69) is 49.1 Å². The SMILES string of the molecule is C[C@@H](O[Si](C)(C)C(C)(C)C)[C@H]1C(=O)N[C@@H]1[C@@H](C)C(=S)c1ncccn1. The second-order valence-corrected chi connectivity index (χ2v) is 13.6. The number of rotatable bonds is 6. The van der Waals surface area contributed by atoms with E-state index < -0.39 is 8.32 Å². The van der Waals surface area contributed by atoms with Crippen LogP contribution in [-0.2, 0) is 9.22 Å². The third-order valence-electron chi connectivity index (χ3n) is 5.53. The summed E-state index contributed by atoms with van der Waals surface area (Å²) >= 11 is 5.56. The average molecular weight is 380 g/mol. The van der Waals surface area contributed by atoms with E-state index in [1.54, 1.807) is 18.5 Å². The highest BCUT2D eigenvalue weighted by Crippen LogP contribution is 2.39. The largest absolute Gasteiger partial charge is 0.413 e. The fraction of sp³-hybridized carbons (Fsp3) is 0.667. The second-order valence-electron chi connectivity index (χ2n) is 8.37. The number of aromatic nitrogens is 2. The number of hydrogen-bond donors (Lipinski definition) is 1. The number of nitrogens with one attached hydrogen (secondary N) is 1. The van der Waals surface area contributed by atoms with Crippen molar-refractivity contribution in [2.45, 2.75) is 64.9 Å². The van der Waals surface area contributed by atoms with E-state index in [1.807, 2.05) is 13.8 Å². The van der Waals surface area contributed by atoms with Gasteiger partial charge in [-0.3, -0.25) is 4.79 Å². The number of β-lactam (4-membered cyclic amide) rings is 1. The van der Waals surface area contributed by atoms with Crippen molar-refractivity contribution < 1.29 is 9.22 Å². The molecule has 0 unspecified atom stereocenters. The van der Waals surface area contributed by atoms with E-state index >= 15 is 0 Å². The summed E-state index contributed by atoms with van der Waals surface area (Å²) in [5, 5.41) is 3.11. The minimum atomic E-state index is -1.94. The van der Waals surface area contributed by atoms with Crippen molar-refractivity contribution in [3.8, 4) is 0 Å². The number of thiocarbonyl (C=S) groups is 1. The Balaban J connectivity index is 2.11. The standard InChI is InChI=1S/C18H29N3O2SSi/c1-11(15(24)16-19-9-8-10-20-16)14-13(17(22)21-14)12(2)23-25(6,7)18(3,4)5/h8-14H,1-7H3,(H,21,22)/t11-,12-,13-,14-/m1/s1. The maximum atomic E-state index is 12.2. The maximum absolute atomic E-state index is 12.2. The summed E-state index contributed by atoms with van der Waals surface area (Å²) in [6, 6.07) is 1.73. The van der Waals surface area contributed by atoms with Crippen molar-refractivity contribution in [1.29, 1.82) is 0 Å². The van der Waals surface area contributed by atoms with Crippen LogP contribution in [0.2, 0.25) is 18.1 Å². The van der Waals surface area contributed by atoms with Crippen LogP contribution in [0.25, 0.3) is 0 Å². The van der Waals surface area contributed by atoms with Crippen molar-refractivity contribution in [2.24, 2.45) is 11.8 Å². The zero-order valence-corrected chi connectivity index (χ0v) is 18.0. The van der Waals surface area contributed by atoms with E-state index in [0.29, 0.717) is 10.7 Å². The molecule has 0 saturated carbocycles. The first-order valence-electron chi connectivity index (χ1n) is 8.75. The Morgan fingerprint density at radius 3 is 2.32 bits per heavy atom.